The van der Waals surface area contributed by atoms with Crippen LogP contribution in [0.15, 0.2) is 24.5 Å². The molecule has 2 aromatic rings. The van der Waals surface area contributed by atoms with Crippen LogP contribution in [0.2, 0.25) is 0 Å². The van der Waals surface area contributed by atoms with Crippen molar-refractivity contribution in [3.05, 3.63) is 30.1 Å². The van der Waals surface area contributed by atoms with E-state index in [4.69, 9.17) is 0 Å². The van der Waals surface area contributed by atoms with E-state index >= 15 is 0 Å². The zero-order chi connectivity index (χ0) is 15.4. The second-order valence-corrected chi connectivity index (χ2v) is 7.18. The van der Waals surface area contributed by atoms with E-state index < -0.39 is 10.2 Å². The molecule has 3 heterocycles. The van der Waals surface area contributed by atoms with Gasteiger partial charge in [-0.15, -0.1) is 0 Å². The summed E-state index contributed by atoms with van der Waals surface area (Å²) in [6, 6.07) is 3.72. The maximum atomic E-state index is 12.1. The lowest BCUT2D eigenvalue weighted by Gasteiger charge is -2.22. The molecule has 2 aromatic heterocycles. The zero-order valence-electron chi connectivity index (χ0n) is 12.3. The molecule has 120 valence electrons. The van der Waals surface area contributed by atoms with Gasteiger partial charge in [-0.25, -0.2) is 9.71 Å². The van der Waals surface area contributed by atoms with Crippen LogP contribution in [-0.4, -0.2) is 38.0 Å². The number of pyridine rings is 1. The summed E-state index contributed by atoms with van der Waals surface area (Å²) < 4.78 is 29.3. The summed E-state index contributed by atoms with van der Waals surface area (Å²) >= 11 is 0. The van der Waals surface area contributed by atoms with E-state index in [2.05, 4.69) is 24.7 Å². The fraction of sp³-hybridized carbons (Fsp3) is 0.500. The highest BCUT2D eigenvalue weighted by atomic mass is 32.2. The molecular weight excluding hydrogens is 302 g/mol. The highest BCUT2D eigenvalue weighted by Gasteiger charge is 2.17. The summed E-state index contributed by atoms with van der Waals surface area (Å²) in [6.07, 6.45) is 5.62. The summed E-state index contributed by atoms with van der Waals surface area (Å²) in [5.74, 6) is 0.364. The van der Waals surface area contributed by atoms with Gasteiger partial charge in [0.2, 0.25) is 0 Å². The molecule has 1 aliphatic heterocycles. The average molecular weight is 323 g/mol. The number of aromatic amines is 1. The Labute approximate surface area is 130 Å². The first-order chi connectivity index (χ1) is 10.6. The molecule has 8 heteroatoms. The maximum Gasteiger partial charge on any atom is 0.277 e. The number of fused-ring (bicyclic) bond motifs is 1. The molecule has 0 bridgehead atoms. The Hall–Kier alpha value is -1.48. The van der Waals surface area contributed by atoms with E-state index in [-0.39, 0.29) is 6.54 Å². The third-order valence-electron chi connectivity index (χ3n) is 3.96. The summed E-state index contributed by atoms with van der Waals surface area (Å²) in [7, 11) is -3.49. The Bertz CT molecular complexity index is 722. The quantitative estimate of drug-likeness (QED) is 0.621. The van der Waals surface area contributed by atoms with Crippen molar-refractivity contribution in [2.24, 2.45) is 5.92 Å². The van der Waals surface area contributed by atoms with Crippen LogP contribution >= 0.6 is 0 Å². The minimum atomic E-state index is -3.49. The smallest absolute Gasteiger partial charge is 0.277 e. The van der Waals surface area contributed by atoms with Crippen molar-refractivity contribution in [2.45, 2.75) is 19.4 Å². The highest BCUT2D eigenvalue weighted by molar-refractivity contribution is 7.87. The van der Waals surface area contributed by atoms with E-state index in [0.717, 1.165) is 42.5 Å². The predicted octanol–water partition coefficient (Wildman–Crippen LogP) is 0.486. The summed E-state index contributed by atoms with van der Waals surface area (Å²) in [4.78, 5) is 7.20. The van der Waals surface area contributed by atoms with E-state index in [0.29, 0.717) is 12.5 Å². The predicted molar refractivity (Wildman–Crippen MR) is 85.4 cm³/mol. The molecule has 1 atom stereocenters. The van der Waals surface area contributed by atoms with Gasteiger partial charge in [-0.05, 0) is 49.5 Å². The van der Waals surface area contributed by atoms with Crippen molar-refractivity contribution in [1.29, 1.82) is 0 Å². The van der Waals surface area contributed by atoms with Gasteiger partial charge in [-0.2, -0.15) is 13.1 Å². The van der Waals surface area contributed by atoms with Crippen LogP contribution in [0.3, 0.4) is 0 Å². The van der Waals surface area contributed by atoms with Crippen LogP contribution in [0, 0.1) is 5.92 Å². The number of piperidine rings is 1. The van der Waals surface area contributed by atoms with Gasteiger partial charge in [0.15, 0.2) is 0 Å². The number of nitrogens with zero attached hydrogens (tertiary/aromatic N) is 1. The van der Waals surface area contributed by atoms with E-state index in [1.54, 1.807) is 12.4 Å². The number of nitrogens with one attached hydrogen (secondary N) is 4. The molecular formula is C14H21N5O2S. The first-order valence-corrected chi connectivity index (χ1v) is 8.98. The van der Waals surface area contributed by atoms with Crippen molar-refractivity contribution in [2.75, 3.05) is 19.6 Å². The van der Waals surface area contributed by atoms with Gasteiger partial charge < -0.3 is 10.3 Å². The fourth-order valence-corrected chi connectivity index (χ4v) is 3.62. The van der Waals surface area contributed by atoms with Gasteiger partial charge in [-0.3, -0.25) is 0 Å². The lowest BCUT2D eigenvalue weighted by atomic mass is 10.0. The highest BCUT2D eigenvalue weighted by Crippen LogP contribution is 2.15. The molecule has 1 fully saturated rings. The molecule has 0 spiro atoms. The Balaban J connectivity index is 1.56. The number of hydrogen-bond donors (Lipinski definition) is 4. The molecule has 0 saturated carbocycles. The summed E-state index contributed by atoms with van der Waals surface area (Å²) in [5, 5.41) is 4.21. The van der Waals surface area contributed by atoms with Gasteiger partial charge in [0, 0.05) is 30.9 Å². The van der Waals surface area contributed by atoms with Crippen molar-refractivity contribution >= 4 is 21.2 Å². The third-order valence-corrected chi connectivity index (χ3v) is 5.04. The van der Waals surface area contributed by atoms with Crippen LogP contribution in [0.25, 0.3) is 11.0 Å². The van der Waals surface area contributed by atoms with Crippen molar-refractivity contribution < 1.29 is 8.42 Å². The Morgan fingerprint density at radius 2 is 2.23 bits per heavy atom. The monoisotopic (exact) mass is 323 g/mol. The van der Waals surface area contributed by atoms with Crippen LogP contribution in [0.5, 0.6) is 0 Å². The standard InChI is InChI=1S/C14H21N5O2S/c20-22(21,18-9-11-2-1-5-15-8-11)19-10-12-3-6-16-14-13(12)4-7-17-14/h3-4,6-7,11,15,18-19H,1-2,5,8-10H2,(H,16,17). The minimum Gasteiger partial charge on any atom is -0.346 e. The molecule has 1 aliphatic rings. The van der Waals surface area contributed by atoms with Crippen LogP contribution in [-0.2, 0) is 16.8 Å². The molecule has 22 heavy (non-hydrogen) atoms. The number of aromatic nitrogens is 2. The van der Waals surface area contributed by atoms with Crippen LogP contribution < -0.4 is 14.8 Å². The van der Waals surface area contributed by atoms with E-state index in [1.807, 2.05) is 12.1 Å². The zero-order valence-corrected chi connectivity index (χ0v) is 13.1. The van der Waals surface area contributed by atoms with Crippen molar-refractivity contribution in [1.82, 2.24) is 24.7 Å². The fourth-order valence-electron chi connectivity index (χ4n) is 2.72. The van der Waals surface area contributed by atoms with Gasteiger partial charge in [0.25, 0.3) is 10.2 Å². The number of H-pyrrole nitrogens is 1. The van der Waals surface area contributed by atoms with Gasteiger partial charge >= 0.3 is 0 Å². The van der Waals surface area contributed by atoms with Crippen molar-refractivity contribution in [3.8, 4) is 0 Å². The lowest BCUT2D eigenvalue weighted by Crippen LogP contribution is -2.42. The second-order valence-electron chi connectivity index (χ2n) is 5.60. The molecule has 0 radical (unpaired) electrons. The SMILES string of the molecule is O=S(=O)(NCc1ccnc2[nH]ccc12)NCC1CCCNC1. The van der Waals surface area contributed by atoms with E-state index in [1.165, 1.54) is 0 Å². The number of hydrogen-bond acceptors (Lipinski definition) is 4. The van der Waals surface area contributed by atoms with Gasteiger partial charge in [-0.1, -0.05) is 0 Å². The topological polar surface area (TPSA) is 98.9 Å². The Morgan fingerprint density at radius 3 is 3.05 bits per heavy atom. The van der Waals surface area contributed by atoms with Gasteiger partial charge in [0.1, 0.15) is 5.65 Å². The summed E-state index contributed by atoms with van der Waals surface area (Å²) in [5.41, 5.74) is 1.66. The number of rotatable bonds is 6. The molecule has 0 aliphatic carbocycles. The van der Waals surface area contributed by atoms with Crippen LogP contribution in [0.4, 0.5) is 0 Å². The molecule has 4 N–H and O–H groups in total. The first-order valence-electron chi connectivity index (χ1n) is 7.50. The second kappa shape index (κ2) is 6.74. The molecule has 0 aromatic carbocycles. The first kappa shape index (κ1) is 15.4. The Kier molecular flexibility index (Phi) is 4.72. The average Bonchev–Trinajstić information content (AvgIpc) is 3.01. The molecule has 0 amide bonds. The molecule has 7 nitrogen and oxygen atoms in total. The molecule has 1 saturated heterocycles. The largest absolute Gasteiger partial charge is 0.346 e. The molecule has 3 rings (SSSR count). The normalized spacial score (nSPS) is 19.5. The third kappa shape index (κ3) is 3.83. The van der Waals surface area contributed by atoms with Gasteiger partial charge in [0.05, 0.1) is 0 Å². The van der Waals surface area contributed by atoms with E-state index in [9.17, 15) is 8.42 Å². The molecule has 1 unspecified atom stereocenters. The van der Waals surface area contributed by atoms with Crippen molar-refractivity contribution in [3.63, 3.8) is 0 Å². The summed E-state index contributed by atoms with van der Waals surface area (Å²) in [6.45, 7) is 2.61. The van der Waals surface area contributed by atoms with Crippen LogP contribution in [0.1, 0.15) is 18.4 Å². The minimum absolute atomic E-state index is 0.245. The maximum absolute atomic E-state index is 12.1. The lowest BCUT2D eigenvalue weighted by molar-refractivity contribution is 0.375. The Morgan fingerprint density at radius 1 is 1.32 bits per heavy atom.